The zero-order valence-corrected chi connectivity index (χ0v) is 12.1. The van der Waals surface area contributed by atoms with E-state index < -0.39 is 0 Å². The number of hydrogen-bond donors (Lipinski definition) is 1. The van der Waals surface area contributed by atoms with Crippen molar-refractivity contribution in [2.45, 2.75) is 13.1 Å². The van der Waals surface area contributed by atoms with Gasteiger partial charge >= 0.3 is 0 Å². The van der Waals surface area contributed by atoms with Gasteiger partial charge in [0.05, 0.1) is 17.1 Å². The van der Waals surface area contributed by atoms with Gasteiger partial charge in [-0.3, -0.25) is 0 Å². The van der Waals surface area contributed by atoms with E-state index in [9.17, 15) is 0 Å². The molecule has 0 unspecified atom stereocenters. The Balaban J connectivity index is 1.47. The fourth-order valence-corrected chi connectivity index (χ4v) is 2.74. The highest BCUT2D eigenvalue weighted by Crippen LogP contribution is 2.20. The summed E-state index contributed by atoms with van der Waals surface area (Å²) in [6.45, 7) is 2.19. The zero-order chi connectivity index (χ0) is 13.8. The minimum atomic E-state index is 0.500. The predicted octanol–water partition coefficient (Wildman–Crippen LogP) is 2.44. The van der Waals surface area contributed by atoms with E-state index >= 15 is 0 Å². The normalized spacial score (nSPS) is 11.1. The number of thiophene rings is 1. The highest BCUT2D eigenvalue weighted by atomic mass is 35.5. The molecule has 0 aliphatic carbocycles. The first-order valence-corrected chi connectivity index (χ1v) is 7.27. The average Bonchev–Trinajstić information content (AvgIpc) is 3.16. The number of aromatic nitrogens is 4. The second-order valence-corrected chi connectivity index (χ2v) is 5.87. The summed E-state index contributed by atoms with van der Waals surface area (Å²) in [5.74, 6) is 1.12. The smallest absolute Gasteiger partial charge is 0.240 e. The van der Waals surface area contributed by atoms with E-state index in [0.717, 1.165) is 17.4 Å². The molecule has 0 aromatic carbocycles. The number of hydrogen-bond acceptors (Lipinski definition) is 6. The molecule has 3 aromatic heterocycles. The Bertz CT molecular complexity index is 663. The fraction of sp³-hybridized carbons (Fsp3) is 0.250. The van der Waals surface area contributed by atoms with E-state index in [-0.39, 0.29) is 0 Å². The monoisotopic (exact) mass is 309 g/mol. The van der Waals surface area contributed by atoms with Gasteiger partial charge in [-0.15, -0.1) is 21.5 Å². The summed E-state index contributed by atoms with van der Waals surface area (Å²) in [4.78, 5) is 2.75. The topological polar surface area (TPSA) is 68.8 Å². The van der Waals surface area contributed by atoms with Crippen LogP contribution in [0.15, 0.2) is 34.9 Å². The van der Waals surface area contributed by atoms with Crippen LogP contribution in [0.1, 0.15) is 4.88 Å². The first-order valence-electron chi connectivity index (χ1n) is 6.08. The molecule has 0 bridgehead atoms. The van der Waals surface area contributed by atoms with Gasteiger partial charge in [-0.2, -0.15) is 4.80 Å². The molecule has 3 rings (SSSR count). The molecule has 0 radical (unpaired) electrons. The van der Waals surface area contributed by atoms with Crippen molar-refractivity contribution in [2.75, 3.05) is 6.54 Å². The van der Waals surface area contributed by atoms with Crippen LogP contribution >= 0.6 is 22.9 Å². The maximum atomic E-state index is 5.87. The molecule has 0 aliphatic rings. The Morgan fingerprint density at radius 3 is 3.05 bits per heavy atom. The summed E-state index contributed by atoms with van der Waals surface area (Å²) < 4.78 is 6.02. The Labute approximate surface area is 124 Å². The van der Waals surface area contributed by atoms with E-state index in [1.165, 1.54) is 4.88 Å². The highest BCUT2D eigenvalue weighted by Gasteiger charge is 2.07. The molecule has 0 saturated heterocycles. The Morgan fingerprint density at radius 1 is 1.35 bits per heavy atom. The molecule has 0 saturated carbocycles. The van der Waals surface area contributed by atoms with Crippen LogP contribution in [-0.4, -0.2) is 26.8 Å². The van der Waals surface area contributed by atoms with E-state index in [2.05, 4.69) is 20.7 Å². The largest absolute Gasteiger partial charge is 0.461 e. The lowest BCUT2D eigenvalue weighted by atomic mass is 10.4. The molecule has 1 N–H and O–H groups in total. The summed E-state index contributed by atoms with van der Waals surface area (Å²) >= 11 is 7.45. The maximum absolute atomic E-state index is 5.87. The second kappa shape index (κ2) is 6.17. The molecular formula is C12H12ClN5OS. The molecule has 0 atom stereocenters. The first-order chi connectivity index (χ1) is 9.81. The van der Waals surface area contributed by atoms with Gasteiger partial charge in [0, 0.05) is 18.0 Å². The molecule has 3 aromatic rings. The quantitative estimate of drug-likeness (QED) is 0.708. The van der Waals surface area contributed by atoms with Crippen molar-refractivity contribution in [1.29, 1.82) is 0 Å². The summed E-state index contributed by atoms with van der Waals surface area (Å²) in [6.07, 6.45) is 1.59. The van der Waals surface area contributed by atoms with Gasteiger partial charge in [0.15, 0.2) is 5.76 Å². The summed E-state index contributed by atoms with van der Waals surface area (Å²) in [6, 6.07) is 7.52. The average molecular weight is 310 g/mol. The molecule has 20 heavy (non-hydrogen) atoms. The number of tetrazole rings is 1. The first kappa shape index (κ1) is 13.3. The lowest BCUT2D eigenvalue weighted by Crippen LogP contribution is -2.20. The Kier molecular flexibility index (Phi) is 4.10. The number of nitrogens with zero attached hydrogens (tertiary/aromatic N) is 4. The van der Waals surface area contributed by atoms with Crippen molar-refractivity contribution < 1.29 is 4.42 Å². The van der Waals surface area contributed by atoms with Crippen LogP contribution in [0.2, 0.25) is 4.34 Å². The van der Waals surface area contributed by atoms with Crippen molar-refractivity contribution in [3.05, 3.63) is 39.7 Å². The molecule has 104 valence electrons. The second-order valence-electron chi connectivity index (χ2n) is 4.07. The molecular weight excluding hydrogens is 298 g/mol. The molecule has 0 spiro atoms. The van der Waals surface area contributed by atoms with Crippen LogP contribution in [0, 0.1) is 0 Å². The highest BCUT2D eigenvalue weighted by molar-refractivity contribution is 7.16. The van der Waals surface area contributed by atoms with Gasteiger partial charge in [0.25, 0.3) is 0 Å². The minimum absolute atomic E-state index is 0.500. The molecule has 0 fully saturated rings. The summed E-state index contributed by atoms with van der Waals surface area (Å²) in [5.41, 5.74) is 0. The van der Waals surface area contributed by atoms with E-state index in [1.54, 1.807) is 34.5 Å². The lowest BCUT2D eigenvalue weighted by Gasteiger charge is -2.01. The Hall–Kier alpha value is -1.70. The summed E-state index contributed by atoms with van der Waals surface area (Å²) in [7, 11) is 0. The number of halogens is 1. The maximum Gasteiger partial charge on any atom is 0.240 e. The van der Waals surface area contributed by atoms with E-state index in [4.69, 9.17) is 16.0 Å². The molecule has 0 aliphatic heterocycles. The third-order valence-electron chi connectivity index (χ3n) is 2.61. The minimum Gasteiger partial charge on any atom is -0.461 e. The Morgan fingerprint density at radius 2 is 2.30 bits per heavy atom. The standard InChI is InChI=1S/C12H12ClN5OS/c13-11-4-3-9(20-11)8-14-5-6-18-16-12(15-17-18)10-2-1-7-19-10/h1-4,7,14H,5-6,8H2. The number of nitrogens with one attached hydrogen (secondary N) is 1. The van der Waals surface area contributed by atoms with Crippen LogP contribution < -0.4 is 5.32 Å². The molecule has 8 heteroatoms. The van der Waals surface area contributed by atoms with Crippen molar-refractivity contribution in [2.24, 2.45) is 0 Å². The third kappa shape index (κ3) is 3.24. The fourth-order valence-electron chi connectivity index (χ4n) is 1.68. The van der Waals surface area contributed by atoms with Crippen LogP contribution in [0.25, 0.3) is 11.6 Å². The zero-order valence-electron chi connectivity index (χ0n) is 10.5. The van der Waals surface area contributed by atoms with Gasteiger partial charge in [-0.05, 0) is 29.5 Å². The van der Waals surface area contributed by atoms with Crippen molar-refractivity contribution in [3.63, 3.8) is 0 Å². The van der Waals surface area contributed by atoms with Crippen LogP contribution in [-0.2, 0) is 13.1 Å². The lowest BCUT2D eigenvalue weighted by molar-refractivity contribution is 0.491. The van der Waals surface area contributed by atoms with Gasteiger partial charge in [-0.1, -0.05) is 11.6 Å². The van der Waals surface area contributed by atoms with Gasteiger partial charge in [0.2, 0.25) is 5.82 Å². The van der Waals surface area contributed by atoms with Crippen LogP contribution in [0.3, 0.4) is 0 Å². The molecule has 0 amide bonds. The number of rotatable bonds is 6. The van der Waals surface area contributed by atoms with Gasteiger partial charge in [-0.25, -0.2) is 0 Å². The van der Waals surface area contributed by atoms with Gasteiger partial charge < -0.3 is 9.73 Å². The van der Waals surface area contributed by atoms with Crippen LogP contribution in [0.4, 0.5) is 0 Å². The van der Waals surface area contributed by atoms with Crippen molar-refractivity contribution >= 4 is 22.9 Å². The molecule has 3 heterocycles. The predicted molar refractivity (Wildman–Crippen MR) is 76.6 cm³/mol. The SMILES string of the molecule is Clc1ccc(CNCCn2nnc(-c3ccco3)n2)s1. The third-order valence-corrected chi connectivity index (χ3v) is 3.84. The van der Waals surface area contributed by atoms with E-state index in [0.29, 0.717) is 18.1 Å². The number of furan rings is 1. The van der Waals surface area contributed by atoms with Crippen molar-refractivity contribution in [3.8, 4) is 11.6 Å². The summed E-state index contributed by atoms with van der Waals surface area (Å²) in [5, 5.41) is 15.5. The van der Waals surface area contributed by atoms with Gasteiger partial charge in [0.1, 0.15) is 0 Å². The van der Waals surface area contributed by atoms with Crippen LogP contribution in [0.5, 0.6) is 0 Å². The van der Waals surface area contributed by atoms with E-state index in [1.807, 2.05) is 12.1 Å². The van der Waals surface area contributed by atoms with Crippen molar-refractivity contribution in [1.82, 2.24) is 25.5 Å². The molecule has 6 nitrogen and oxygen atoms in total.